The third-order valence-electron chi connectivity index (χ3n) is 3.83. The molecule has 18 heavy (non-hydrogen) atoms. The number of phenolic OH excluding ortho intramolecular Hbond substituents is 1. The Morgan fingerprint density at radius 2 is 1.89 bits per heavy atom. The largest absolute Gasteiger partial charge is 0.508 e. The molecule has 0 aliphatic carbocycles. The van der Waals surface area contributed by atoms with Gasteiger partial charge in [0.1, 0.15) is 5.75 Å². The Morgan fingerprint density at radius 1 is 1.22 bits per heavy atom. The minimum atomic E-state index is 0.267. The van der Waals surface area contributed by atoms with Gasteiger partial charge in [-0.1, -0.05) is 44.9 Å². The highest BCUT2D eigenvalue weighted by Crippen LogP contribution is 2.29. The van der Waals surface area contributed by atoms with Crippen molar-refractivity contribution >= 4 is 0 Å². The number of benzene rings is 1. The van der Waals surface area contributed by atoms with Crippen LogP contribution in [-0.2, 0) is 0 Å². The molecule has 1 aromatic rings. The van der Waals surface area contributed by atoms with Gasteiger partial charge in [0.25, 0.3) is 0 Å². The van der Waals surface area contributed by atoms with Crippen LogP contribution >= 0.6 is 0 Å². The zero-order valence-corrected chi connectivity index (χ0v) is 12.4. The fraction of sp³-hybridized carbons (Fsp3) is 0.625. The average Bonchev–Trinajstić information content (AvgIpc) is 2.37. The third-order valence-corrected chi connectivity index (χ3v) is 3.83. The lowest BCUT2D eigenvalue weighted by atomic mass is 10.0. The molecule has 0 heterocycles. The molecule has 0 aliphatic rings. The maximum atomic E-state index is 10.0. The van der Waals surface area contributed by atoms with E-state index in [0.29, 0.717) is 11.7 Å². The fourth-order valence-corrected chi connectivity index (χ4v) is 2.30. The Hall–Kier alpha value is -1.02. The number of hydrogen-bond acceptors (Lipinski definition) is 2. The van der Waals surface area contributed by atoms with E-state index in [0.717, 1.165) is 18.7 Å². The van der Waals surface area contributed by atoms with Gasteiger partial charge in [-0.2, -0.15) is 0 Å². The molecule has 0 radical (unpaired) electrons. The average molecular weight is 249 g/mol. The van der Waals surface area contributed by atoms with Gasteiger partial charge in [0, 0.05) is 18.2 Å². The Morgan fingerprint density at radius 3 is 2.44 bits per heavy atom. The standard InChI is InChI=1S/C16H27NO/c1-6-12(3)11-17(7-2)14(5)15-10-13(4)8-9-16(15)18/h8-10,12,14,18H,6-7,11H2,1-5H3. The molecule has 0 saturated carbocycles. The summed E-state index contributed by atoms with van der Waals surface area (Å²) in [6.07, 6.45) is 1.20. The van der Waals surface area contributed by atoms with Crippen LogP contribution in [0.4, 0.5) is 0 Å². The molecule has 0 aromatic heterocycles. The number of hydrogen-bond donors (Lipinski definition) is 1. The fourth-order valence-electron chi connectivity index (χ4n) is 2.30. The van der Waals surface area contributed by atoms with Crippen LogP contribution < -0.4 is 0 Å². The van der Waals surface area contributed by atoms with Crippen molar-refractivity contribution in [3.63, 3.8) is 0 Å². The van der Waals surface area contributed by atoms with Crippen LogP contribution in [0.2, 0.25) is 0 Å². The lowest BCUT2D eigenvalue weighted by molar-refractivity contribution is 0.187. The number of phenols is 1. The normalized spacial score (nSPS) is 14.8. The molecule has 0 bridgehead atoms. The SMILES string of the molecule is CCC(C)CN(CC)C(C)c1cc(C)ccc1O. The first-order valence-corrected chi connectivity index (χ1v) is 7.03. The Balaban J connectivity index is 2.88. The molecule has 2 atom stereocenters. The lowest BCUT2D eigenvalue weighted by Gasteiger charge is -2.31. The molecule has 0 aliphatic heterocycles. The monoisotopic (exact) mass is 249 g/mol. The van der Waals surface area contributed by atoms with Gasteiger partial charge in [-0.05, 0) is 32.4 Å². The van der Waals surface area contributed by atoms with E-state index in [4.69, 9.17) is 0 Å². The number of aryl methyl sites for hydroxylation is 1. The van der Waals surface area contributed by atoms with Crippen LogP contribution in [0.1, 0.15) is 51.3 Å². The molecule has 2 nitrogen and oxygen atoms in total. The summed E-state index contributed by atoms with van der Waals surface area (Å²) in [5, 5.41) is 10.0. The summed E-state index contributed by atoms with van der Waals surface area (Å²) >= 11 is 0. The van der Waals surface area contributed by atoms with E-state index in [2.05, 4.69) is 45.6 Å². The summed E-state index contributed by atoms with van der Waals surface area (Å²) in [6, 6.07) is 6.12. The van der Waals surface area contributed by atoms with Gasteiger partial charge in [-0.15, -0.1) is 0 Å². The van der Waals surface area contributed by atoms with Gasteiger partial charge < -0.3 is 5.11 Å². The van der Waals surface area contributed by atoms with Crippen molar-refractivity contribution < 1.29 is 5.11 Å². The third kappa shape index (κ3) is 3.74. The van der Waals surface area contributed by atoms with E-state index in [1.165, 1.54) is 12.0 Å². The van der Waals surface area contributed by atoms with E-state index >= 15 is 0 Å². The molecule has 1 aromatic carbocycles. The summed E-state index contributed by atoms with van der Waals surface area (Å²) in [7, 11) is 0. The van der Waals surface area contributed by atoms with Crippen LogP contribution in [0, 0.1) is 12.8 Å². The van der Waals surface area contributed by atoms with Gasteiger partial charge >= 0.3 is 0 Å². The Bertz CT molecular complexity index is 375. The van der Waals surface area contributed by atoms with Crippen LogP contribution in [0.25, 0.3) is 0 Å². The zero-order chi connectivity index (χ0) is 13.7. The molecule has 1 N–H and O–H groups in total. The van der Waals surface area contributed by atoms with E-state index in [1.807, 2.05) is 6.07 Å². The molecule has 102 valence electrons. The van der Waals surface area contributed by atoms with Crippen molar-refractivity contribution in [2.45, 2.75) is 47.1 Å². The molecular weight excluding hydrogens is 222 g/mol. The second-order valence-electron chi connectivity index (χ2n) is 5.34. The predicted molar refractivity (Wildman–Crippen MR) is 78.0 cm³/mol. The molecule has 1 rings (SSSR count). The lowest BCUT2D eigenvalue weighted by Crippen LogP contribution is -2.31. The van der Waals surface area contributed by atoms with E-state index < -0.39 is 0 Å². The molecule has 0 amide bonds. The van der Waals surface area contributed by atoms with E-state index in [1.54, 1.807) is 6.07 Å². The van der Waals surface area contributed by atoms with Gasteiger partial charge in [0.2, 0.25) is 0 Å². The summed E-state index contributed by atoms with van der Waals surface area (Å²) in [6.45, 7) is 13.0. The van der Waals surface area contributed by atoms with Crippen molar-refractivity contribution in [1.29, 1.82) is 0 Å². The van der Waals surface area contributed by atoms with Crippen molar-refractivity contribution in [2.24, 2.45) is 5.92 Å². The molecule has 0 spiro atoms. The first-order valence-electron chi connectivity index (χ1n) is 7.03. The highest BCUT2D eigenvalue weighted by atomic mass is 16.3. The summed E-state index contributed by atoms with van der Waals surface area (Å²) in [5.41, 5.74) is 2.24. The Kier molecular flexibility index (Phi) is 5.67. The molecular formula is C16H27NO. The van der Waals surface area contributed by atoms with E-state index in [9.17, 15) is 5.11 Å². The maximum absolute atomic E-state index is 10.0. The minimum Gasteiger partial charge on any atom is -0.508 e. The minimum absolute atomic E-state index is 0.267. The van der Waals surface area contributed by atoms with Crippen molar-refractivity contribution in [1.82, 2.24) is 4.90 Å². The molecule has 2 unspecified atom stereocenters. The number of aromatic hydroxyl groups is 1. The molecule has 0 saturated heterocycles. The van der Waals surface area contributed by atoms with Crippen molar-refractivity contribution in [2.75, 3.05) is 13.1 Å². The maximum Gasteiger partial charge on any atom is 0.120 e. The van der Waals surface area contributed by atoms with Gasteiger partial charge in [-0.25, -0.2) is 0 Å². The summed E-state index contributed by atoms with van der Waals surface area (Å²) in [5.74, 6) is 1.11. The van der Waals surface area contributed by atoms with E-state index in [-0.39, 0.29) is 6.04 Å². The van der Waals surface area contributed by atoms with Crippen LogP contribution in [0.5, 0.6) is 5.75 Å². The number of nitrogens with zero attached hydrogens (tertiary/aromatic N) is 1. The first kappa shape index (κ1) is 15.0. The van der Waals surface area contributed by atoms with Crippen LogP contribution in [0.3, 0.4) is 0 Å². The topological polar surface area (TPSA) is 23.5 Å². The van der Waals surface area contributed by atoms with Crippen LogP contribution in [-0.4, -0.2) is 23.1 Å². The summed E-state index contributed by atoms with van der Waals surface area (Å²) < 4.78 is 0. The summed E-state index contributed by atoms with van der Waals surface area (Å²) in [4.78, 5) is 2.43. The highest BCUT2D eigenvalue weighted by Gasteiger charge is 2.18. The van der Waals surface area contributed by atoms with Crippen molar-refractivity contribution in [3.05, 3.63) is 29.3 Å². The smallest absolute Gasteiger partial charge is 0.120 e. The predicted octanol–water partition coefficient (Wildman–Crippen LogP) is 4.13. The number of rotatable bonds is 6. The molecule has 2 heteroatoms. The highest BCUT2D eigenvalue weighted by molar-refractivity contribution is 5.37. The first-order chi connectivity index (χ1) is 8.49. The van der Waals surface area contributed by atoms with Gasteiger partial charge in [-0.3, -0.25) is 4.90 Å². The zero-order valence-electron chi connectivity index (χ0n) is 12.4. The quantitative estimate of drug-likeness (QED) is 0.819. The molecule has 0 fully saturated rings. The van der Waals surface area contributed by atoms with Gasteiger partial charge in [0.05, 0.1) is 0 Å². The van der Waals surface area contributed by atoms with Crippen LogP contribution in [0.15, 0.2) is 18.2 Å². The second kappa shape index (κ2) is 6.79. The second-order valence-corrected chi connectivity index (χ2v) is 5.34. The van der Waals surface area contributed by atoms with Crippen molar-refractivity contribution in [3.8, 4) is 5.75 Å². The Labute approximate surface area is 112 Å². The van der Waals surface area contributed by atoms with Gasteiger partial charge in [0.15, 0.2) is 0 Å².